The van der Waals surface area contributed by atoms with Gasteiger partial charge in [-0.1, -0.05) is 0 Å². The molecule has 17 heavy (non-hydrogen) atoms. The summed E-state index contributed by atoms with van der Waals surface area (Å²) in [5.74, 6) is 0. The highest BCUT2D eigenvalue weighted by atomic mass is 16.6. The molecule has 1 fully saturated rings. The Morgan fingerprint density at radius 2 is 1.94 bits per heavy atom. The molecule has 1 saturated carbocycles. The summed E-state index contributed by atoms with van der Waals surface area (Å²) in [7, 11) is 0. The number of nitrogens with zero attached hydrogens (tertiary/aromatic N) is 1. The monoisotopic (exact) mass is 234 g/mol. The molecule has 0 bridgehead atoms. The predicted molar refractivity (Wildman–Crippen MR) is 64.5 cm³/mol. The molecule has 92 valence electrons. The largest absolute Gasteiger partial charge is 0.444 e. The summed E-state index contributed by atoms with van der Waals surface area (Å²) in [6.45, 7) is 5.58. The minimum absolute atomic E-state index is 0.231. The van der Waals surface area contributed by atoms with Crippen molar-refractivity contribution < 1.29 is 9.53 Å². The molecule has 0 aliphatic heterocycles. The van der Waals surface area contributed by atoms with Gasteiger partial charge in [-0.15, -0.1) is 0 Å². The lowest BCUT2D eigenvalue weighted by Crippen LogP contribution is -2.39. The molecule has 4 heteroatoms. The molecular weight excluding hydrogens is 216 g/mol. The van der Waals surface area contributed by atoms with Gasteiger partial charge in [0.05, 0.1) is 5.54 Å². The quantitative estimate of drug-likeness (QED) is 0.855. The van der Waals surface area contributed by atoms with Crippen molar-refractivity contribution in [1.29, 1.82) is 0 Å². The van der Waals surface area contributed by atoms with E-state index in [2.05, 4.69) is 10.3 Å². The Hall–Kier alpha value is -1.58. The Kier molecular flexibility index (Phi) is 2.81. The van der Waals surface area contributed by atoms with E-state index in [-0.39, 0.29) is 11.6 Å². The Morgan fingerprint density at radius 1 is 1.35 bits per heavy atom. The maximum atomic E-state index is 11.7. The van der Waals surface area contributed by atoms with Crippen LogP contribution in [0.5, 0.6) is 0 Å². The van der Waals surface area contributed by atoms with Crippen LogP contribution < -0.4 is 5.32 Å². The van der Waals surface area contributed by atoms with Gasteiger partial charge in [0.2, 0.25) is 0 Å². The number of hydrogen-bond donors (Lipinski definition) is 1. The lowest BCUT2D eigenvalue weighted by atomic mass is 10.1. The van der Waals surface area contributed by atoms with E-state index in [9.17, 15) is 4.79 Å². The first-order valence-corrected chi connectivity index (χ1v) is 5.83. The van der Waals surface area contributed by atoms with Crippen LogP contribution >= 0.6 is 0 Å². The van der Waals surface area contributed by atoms with Crippen LogP contribution in [0.15, 0.2) is 24.5 Å². The van der Waals surface area contributed by atoms with E-state index in [4.69, 9.17) is 4.74 Å². The maximum absolute atomic E-state index is 11.7. The SMILES string of the molecule is CC(C)(C)OC(=O)NC1(c2ccncc2)CC1. The fourth-order valence-electron chi connectivity index (χ4n) is 1.78. The average molecular weight is 234 g/mol. The van der Waals surface area contributed by atoms with Gasteiger partial charge in [0.1, 0.15) is 5.60 Å². The van der Waals surface area contributed by atoms with Crippen molar-refractivity contribution in [2.45, 2.75) is 44.8 Å². The minimum atomic E-state index is -0.460. The number of rotatable bonds is 2. The second-order valence-electron chi connectivity index (χ2n) is 5.44. The molecular formula is C13H18N2O2. The number of hydrogen-bond acceptors (Lipinski definition) is 3. The molecule has 1 aliphatic carbocycles. The fraction of sp³-hybridized carbons (Fsp3) is 0.538. The predicted octanol–water partition coefficient (Wildman–Crippen LogP) is 2.60. The topological polar surface area (TPSA) is 51.2 Å². The smallest absolute Gasteiger partial charge is 0.408 e. The van der Waals surface area contributed by atoms with Crippen LogP contribution in [0, 0.1) is 0 Å². The summed E-state index contributed by atoms with van der Waals surface area (Å²) in [5.41, 5.74) is 0.405. The number of alkyl carbamates (subject to hydrolysis) is 1. The van der Waals surface area contributed by atoms with Gasteiger partial charge in [-0.25, -0.2) is 4.79 Å². The second-order valence-corrected chi connectivity index (χ2v) is 5.44. The van der Waals surface area contributed by atoms with Crippen LogP contribution in [0.3, 0.4) is 0 Å². The number of amides is 1. The van der Waals surface area contributed by atoms with Crippen LogP contribution in [0.25, 0.3) is 0 Å². The molecule has 0 saturated heterocycles. The molecule has 4 nitrogen and oxygen atoms in total. The van der Waals surface area contributed by atoms with Crippen molar-refractivity contribution in [3.05, 3.63) is 30.1 Å². The van der Waals surface area contributed by atoms with Crippen LogP contribution in [0.2, 0.25) is 0 Å². The first-order valence-electron chi connectivity index (χ1n) is 5.83. The van der Waals surface area contributed by atoms with Crippen molar-refractivity contribution in [3.63, 3.8) is 0 Å². The number of pyridine rings is 1. The van der Waals surface area contributed by atoms with Gasteiger partial charge in [0.25, 0.3) is 0 Å². The molecule has 0 atom stereocenters. The maximum Gasteiger partial charge on any atom is 0.408 e. The van der Waals surface area contributed by atoms with E-state index in [1.807, 2.05) is 32.9 Å². The molecule has 1 aliphatic rings. The van der Waals surface area contributed by atoms with Crippen molar-refractivity contribution in [2.75, 3.05) is 0 Å². The lowest BCUT2D eigenvalue weighted by molar-refractivity contribution is 0.0495. The average Bonchev–Trinajstić information content (AvgIpc) is 2.97. The highest BCUT2D eigenvalue weighted by Crippen LogP contribution is 2.45. The summed E-state index contributed by atoms with van der Waals surface area (Å²) in [6, 6.07) is 3.87. The number of nitrogens with one attached hydrogen (secondary N) is 1. The molecule has 2 rings (SSSR count). The molecule has 0 aromatic carbocycles. The third-order valence-corrected chi connectivity index (χ3v) is 2.72. The van der Waals surface area contributed by atoms with Crippen molar-refractivity contribution in [3.8, 4) is 0 Å². The van der Waals surface area contributed by atoms with E-state index in [1.165, 1.54) is 0 Å². The molecule has 1 aromatic rings. The zero-order valence-corrected chi connectivity index (χ0v) is 10.5. The van der Waals surface area contributed by atoms with E-state index in [0.29, 0.717) is 0 Å². The molecule has 0 radical (unpaired) electrons. The van der Waals surface area contributed by atoms with Gasteiger partial charge in [-0.3, -0.25) is 4.98 Å². The zero-order chi connectivity index (χ0) is 12.5. The van der Waals surface area contributed by atoms with Crippen LogP contribution in [0.4, 0.5) is 4.79 Å². The Balaban J connectivity index is 2.02. The molecule has 1 N–H and O–H groups in total. The lowest BCUT2D eigenvalue weighted by Gasteiger charge is -2.23. The molecule has 1 aromatic heterocycles. The van der Waals surface area contributed by atoms with Crippen LogP contribution in [-0.4, -0.2) is 16.7 Å². The first-order chi connectivity index (χ1) is 7.91. The van der Waals surface area contributed by atoms with E-state index < -0.39 is 5.60 Å². The summed E-state index contributed by atoms with van der Waals surface area (Å²) in [4.78, 5) is 15.7. The van der Waals surface area contributed by atoms with Gasteiger partial charge in [-0.2, -0.15) is 0 Å². The summed E-state index contributed by atoms with van der Waals surface area (Å²) in [5, 5.41) is 2.95. The third kappa shape index (κ3) is 2.96. The zero-order valence-electron chi connectivity index (χ0n) is 10.5. The van der Waals surface area contributed by atoms with Crippen LogP contribution in [0.1, 0.15) is 39.2 Å². The normalized spacial score (nSPS) is 17.4. The molecule has 1 heterocycles. The fourth-order valence-corrected chi connectivity index (χ4v) is 1.78. The second kappa shape index (κ2) is 4.02. The number of ether oxygens (including phenoxy) is 1. The Bertz CT molecular complexity index is 405. The Morgan fingerprint density at radius 3 is 2.41 bits per heavy atom. The van der Waals surface area contributed by atoms with Crippen molar-refractivity contribution >= 4 is 6.09 Å². The van der Waals surface area contributed by atoms with Gasteiger partial charge in [0, 0.05) is 12.4 Å². The molecule has 0 unspecified atom stereocenters. The number of aromatic nitrogens is 1. The summed E-state index contributed by atoms with van der Waals surface area (Å²) >= 11 is 0. The number of carbonyl (C=O) groups is 1. The molecule has 1 amide bonds. The summed E-state index contributed by atoms with van der Waals surface area (Å²) in [6.07, 6.45) is 5.04. The van der Waals surface area contributed by atoms with Gasteiger partial charge in [-0.05, 0) is 51.3 Å². The van der Waals surface area contributed by atoms with Crippen molar-refractivity contribution in [1.82, 2.24) is 10.3 Å². The Labute approximate surface area is 101 Å². The van der Waals surface area contributed by atoms with Gasteiger partial charge >= 0.3 is 6.09 Å². The minimum Gasteiger partial charge on any atom is -0.444 e. The van der Waals surface area contributed by atoms with Gasteiger partial charge in [0.15, 0.2) is 0 Å². The standard InChI is InChI=1S/C13H18N2O2/c1-12(2,3)17-11(16)15-13(6-7-13)10-4-8-14-9-5-10/h4-5,8-9H,6-7H2,1-3H3,(H,15,16). The van der Waals surface area contributed by atoms with E-state index in [0.717, 1.165) is 18.4 Å². The third-order valence-electron chi connectivity index (χ3n) is 2.72. The van der Waals surface area contributed by atoms with E-state index in [1.54, 1.807) is 12.4 Å². The number of carbonyl (C=O) groups excluding carboxylic acids is 1. The van der Waals surface area contributed by atoms with Gasteiger partial charge < -0.3 is 10.1 Å². The van der Waals surface area contributed by atoms with Crippen LogP contribution in [-0.2, 0) is 10.3 Å². The highest BCUT2D eigenvalue weighted by molar-refractivity contribution is 5.70. The highest BCUT2D eigenvalue weighted by Gasteiger charge is 2.46. The van der Waals surface area contributed by atoms with Crippen molar-refractivity contribution in [2.24, 2.45) is 0 Å². The summed E-state index contributed by atoms with van der Waals surface area (Å²) < 4.78 is 5.27. The molecule has 0 spiro atoms. The van der Waals surface area contributed by atoms with E-state index >= 15 is 0 Å². The first kappa shape index (κ1) is 11.9.